The standard InChI is InChI=1S/C29H24Cl2N10O3/c1-34-13-18-9-20(5-6-22(18)33)36-29(44)25(8-17-2-4-21(11-32)35-12-17)40-16-27(42)39(15-28(40)43)24-10-19(30)3-7-23(24)41-14-26(31)37-38-41/h2-7,9-10,12-14,25H,8,15-16,33H2,1H3,(H,36,44). The Labute approximate surface area is 261 Å². The minimum atomic E-state index is -1.10. The SMILES string of the molecule is CN=Cc1cc(NC(=O)C(Cc2ccc(C#N)nc2)N2CC(=O)N(c3cc(Cl)ccc3-n3cc(Cl)nn3)CC2=O)ccc1N. The van der Waals surface area contributed by atoms with Crippen LogP contribution in [0.2, 0.25) is 10.2 Å². The van der Waals surface area contributed by atoms with Crippen molar-refractivity contribution in [3.05, 3.63) is 87.9 Å². The van der Waals surface area contributed by atoms with Crippen molar-refractivity contribution in [1.82, 2.24) is 24.9 Å². The molecule has 13 nitrogen and oxygen atoms in total. The third-order valence-electron chi connectivity index (χ3n) is 6.83. The first-order valence-corrected chi connectivity index (χ1v) is 13.9. The molecular formula is C29H24Cl2N10O3. The maximum atomic E-state index is 13.8. The van der Waals surface area contributed by atoms with Gasteiger partial charge in [-0.15, -0.1) is 5.10 Å². The van der Waals surface area contributed by atoms with Gasteiger partial charge in [-0.3, -0.25) is 24.3 Å². The summed E-state index contributed by atoms with van der Waals surface area (Å²) in [5, 5.41) is 20.2. The molecule has 0 aliphatic carbocycles. The Bertz CT molecular complexity index is 1820. The molecule has 1 saturated heterocycles. The zero-order valence-electron chi connectivity index (χ0n) is 23.2. The number of nitrogen functional groups attached to an aromatic ring is 1. The second kappa shape index (κ2) is 12.9. The van der Waals surface area contributed by atoms with E-state index in [1.54, 1.807) is 49.7 Å². The van der Waals surface area contributed by atoms with Gasteiger partial charge in [0.25, 0.3) is 0 Å². The highest BCUT2D eigenvalue weighted by molar-refractivity contribution is 6.31. The van der Waals surface area contributed by atoms with E-state index in [1.165, 1.54) is 39.0 Å². The Morgan fingerprint density at radius 3 is 2.64 bits per heavy atom. The smallest absolute Gasteiger partial charge is 0.247 e. The van der Waals surface area contributed by atoms with Crippen molar-refractivity contribution >= 4 is 64.2 Å². The lowest BCUT2D eigenvalue weighted by atomic mass is 10.0. The quantitative estimate of drug-likeness (QED) is 0.220. The molecular weight excluding hydrogens is 607 g/mol. The number of carbonyl (C=O) groups is 3. The molecule has 1 fully saturated rings. The normalized spacial score (nSPS) is 14.1. The van der Waals surface area contributed by atoms with E-state index in [9.17, 15) is 14.4 Å². The number of piperazine rings is 1. The van der Waals surface area contributed by atoms with E-state index >= 15 is 0 Å². The summed E-state index contributed by atoms with van der Waals surface area (Å²) in [6.45, 7) is -0.775. The van der Waals surface area contributed by atoms with E-state index in [0.717, 1.165) is 0 Å². The summed E-state index contributed by atoms with van der Waals surface area (Å²) in [5.74, 6) is -1.47. The monoisotopic (exact) mass is 630 g/mol. The molecule has 0 radical (unpaired) electrons. The summed E-state index contributed by atoms with van der Waals surface area (Å²) in [5.41, 5.74) is 9.04. The van der Waals surface area contributed by atoms with Gasteiger partial charge in [0.1, 0.15) is 30.9 Å². The fraction of sp³-hybridized carbons (Fsp3) is 0.172. The fourth-order valence-electron chi connectivity index (χ4n) is 4.71. The number of rotatable bonds is 8. The predicted octanol–water partition coefficient (Wildman–Crippen LogP) is 2.90. The number of aromatic nitrogens is 4. The van der Waals surface area contributed by atoms with Crippen molar-refractivity contribution in [1.29, 1.82) is 5.26 Å². The maximum Gasteiger partial charge on any atom is 0.247 e. The number of hydrogen-bond donors (Lipinski definition) is 2. The second-order valence-electron chi connectivity index (χ2n) is 9.72. The lowest BCUT2D eigenvalue weighted by Crippen LogP contribution is -2.60. The first-order chi connectivity index (χ1) is 21.2. The number of hydrogen-bond acceptors (Lipinski definition) is 9. The van der Waals surface area contributed by atoms with Crippen LogP contribution >= 0.6 is 23.2 Å². The molecule has 1 aliphatic heterocycles. The molecule has 1 atom stereocenters. The summed E-state index contributed by atoms with van der Waals surface area (Å²) < 4.78 is 1.37. The predicted molar refractivity (Wildman–Crippen MR) is 165 cm³/mol. The molecule has 15 heteroatoms. The van der Waals surface area contributed by atoms with Gasteiger partial charge in [-0.1, -0.05) is 34.5 Å². The van der Waals surface area contributed by atoms with Gasteiger partial charge in [0.15, 0.2) is 5.15 Å². The van der Waals surface area contributed by atoms with Crippen LogP contribution < -0.4 is 16.0 Å². The molecule has 5 rings (SSSR count). The molecule has 0 spiro atoms. The zero-order chi connectivity index (χ0) is 31.4. The average Bonchev–Trinajstić information content (AvgIpc) is 3.44. The Balaban J connectivity index is 1.45. The van der Waals surface area contributed by atoms with E-state index in [0.29, 0.717) is 38.9 Å². The van der Waals surface area contributed by atoms with Gasteiger partial charge in [0.05, 0.1) is 17.6 Å². The number of nitrogens with zero attached hydrogens (tertiary/aromatic N) is 8. The van der Waals surface area contributed by atoms with Gasteiger partial charge >= 0.3 is 0 Å². The van der Waals surface area contributed by atoms with Crippen LogP contribution in [0.1, 0.15) is 16.8 Å². The minimum absolute atomic E-state index is 0.0294. The zero-order valence-corrected chi connectivity index (χ0v) is 24.7. The van der Waals surface area contributed by atoms with Crippen molar-refractivity contribution in [3.8, 4) is 11.8 Å². The van der Waals surface area contributed by atoms with Crippen LogP contribution in [0.4, 0.5) is 17.1 Å². The molecule has 2 aromatic carbocycles. The van der Waals surface area contributed by atoms with Gasteiger partial charge in [-0.2, -0.15) is 5.26 Å². The summed E-state index contributed by atoms with van der Waals surface area (Å²) >= 11 is 12.2. The highest BCUT2D eigenvalue weighted by atomic mass is 35.5. The molecule has 2 aromatic heterocycles. The molecule has 3 amide bonds. The Hall–Kier alpha value is -5.32. The molecule has 1 aliphatic rings. The fourth-order valence-corrected chi connectivity index (χ4v) is 5.01. The molecule has 0 saturated carbocycles. The lowest BCUT2D eigenvalue weighted by molar-refractivity contribution is -0.143. The number of pyridine rings is 1. The van der Waals surface area contributed by atoms with Crippen molar-refractivity contribution < 1.29 is 14.4 Å². The average molecular weight is 631 g/mol. The second-order valence-corrected chi connectivity index (χ2v) is 10.5. The lowest BCUT2D eigenvalue weighted by Gasteiger charge is -2.38. The number of nitrogens with one attached hydrogen (secondary N) is 1. The van der Waals surface area contributed by atoms with Crippen molar-refractivity contribution in [2.75, 3.05) is 36.1 Å². The number of halogens is 2. The number of nitriles is 1. The number of carbonyl (C=O) groups excluding carboxylic acids is 3. The third kappa shape index (κ3) is 6.51. The van der Waals surface area contributed by atoms with E-state index in [-0.39, 0.29) is 23.8 Å². The molecule has 44 heavy (non-hydrogen) atoms. The minimum Gasteiger partial charge on any atom is -0.398 e. The maximum absolute atomic E-state index is 13.8. The van der Waals surface area contributed by atoms with Crippen LogP contribution in [-0.2, 0) is 20.8 Å². The first-order valence-electron chi connectivity index (χ1n) is 13.1. The topological polar surface area (TPSA) is 175 Å². The molecule has 1 unspecified atom stereocenters. The van der Waals surface area contributed by atoms with E-state index in [1.807, 2.05) is 6.07 Å². The molecule has 3 heterocycles. The van der Waals surface area contributed by atoms with Crippen molar-refractivity contribution in [3.63, 3.8) is 0 Å². The van der Waals surface area contributed by atoms with Crippen LogP contribution in [0.5, 0.6) is 0 Å². The largest absolute Gasteiger partial charge is 0.398 e. The summed E-state index contributed by atoms with van der Waals surface area (Å²) in [6, 6.07) is 13.7. The summed E-state index contributed by atoms with van der Waals surface area (Å²) in [6.07, 6.45) is 4.51. The van der Waals surface area contributed by atoms with E-state index in [4.69, 9.17) is 34.2 Å². The first kappa shape index (κ1) is 30.1. The van der Waals surface area contributed by atoms with Gasteiger partial charge in [0.2, 0.25) is 17.7 Å². The number of benzene rings is 2. The third-order valence-corrected chi connectivity index (χ3v) is 7.24. The Morgan fingerprint density at radius 2 is 1.95 bits per heavy atom. The highest BCUT2D eigenvalue weighted by Gasteiger charge is 2.39. The summed E-state index contributed by atoms with van der Waals surface area (Å²) in [7, 11) is 1.60. The number of nitrogens with two attached hydrogens (primary N) is 1. The van der Waals surface area contributed by atoms with Crippen LogP contribution in [0.25, 0.3) is 5.69 Å². The van der Waals surface area contributed by atoms with Gasteiger partial charge in [0, 0.05) is 47.8 Å². The molecule has 4 aromatic rings. The van der Waals surface area contributed by atoms with Crippen LogP contribution in [0.15, 0.2) is 65.9 Å². The highest BCUT2D eigenvalue weighted by Crippen LogP contribution is 2.30. The van der Waals surface area contributed by atoms with Gasteiger partial charge < -0.3 is 16.0 Å². The van der Waals surface area contributed by atoms with Crippen LogP contribution in [0.3, 0.4) is 0 Å². The van der Waals surface area contributed by atoms with Crippen LogP contribution in [0, 0.1) is 11.3 Å². The Kier molecular flexibility index (Phi) is 8.84. The molecule has 0 bridgehead atoms. The van der Waals surface area contributed by atoms with E-state index < -0.39 is 30.3 Å². The van der Waals surface area contributed by atoms with E-state index in [2.05, 4.69) is 25.6 Å². The molecule has 3 N–H and O–H groups in total. The van der Waals surface area contributed by atoms with Gasteiger partial charge in [-0.25, -0.2) is 9.67 Å². The van der Waals surface area contributed by atoms with Crippen molar-refractivity contribution in [2.24, 2.45) is 4.99 Å². The number of aliphatic imine (C=N–C) groups is 1. The molecule has 222 valence electrons. The van der Waals surface area contributed by atoms with Crippen LogP contribution in [-0.4, -0.2) is 75.0 Å². The Morgan fingerprint density at radius 1 is 1.14 bits per heavy atom. The van der Waals surface area contributed by atoms with Crippen molar-refractivity contribution in [2.45, 2.75) is 12.5 Å². The summed E-state index contributed by atoms with van der Waals surface area (Å²) in [4.78, 5) is 51.7. The van der Waals surface area contributed by atoms with Gasteiger partial charge in [-0.05, 0) is 48.0 Å². The number of anilines is 3. The number of amides is 3.